The molecule has 0 saturated heterocycles. The first-order valence-corrected chi connectivity index (χ1v) is 8.45. The first-order valence-electron chi connectivity index (χ1n) is 8.45. The van der Waals surface area contributed by atoms with E-state index < -0.39 is 23.7 Å². The van der Waals surface area contributed by atoms with Gasteiger partial charge in [-0.1, -0.05) is 36.3 Å². The molecule has 2 aromatic carbocycles. The average Bonchev–Trinajstić information content (AvgIpc) is 2.93. The minimum atomic E-state index is -0.681. The Hall–Kier alpha value is -3.61. The highest BCUT2D eigenvalue weighted by molar-refractivity contribution is 6.20. The number of para-hydroxylation sites is 2. The fourth-order valence-electron chi connectivity index (χ4n) is 2.92. The molecule has 2 amide bonds. The lowest BCUT2D eigenvalue weighted by Gasteiger charge is -2.16. The molecule has 1 aliphatic heterocycles. The normalized spacial score (nSPS) is 14.3. The molecule has 7 heteroatoms. The summed E-state index contributed by atoms with van der Waals surface area (Å²) in [6.07, 6.45) is 1.88. The highest BCUT2D eigenvalue weighted by Gasteiger charge is 2.39. The van der Waals surface area contributed by atoms with Crippen molar-refractivity contribution in [3.63, 3.8) is 0 Å². The van der Waals surface area contributed by atoms with Gasteiger partial charge in [0.15, 0.2) is 0 Å². The summed E-state index contributed by atoms with van der Waals surface area (Å²) in [5.41, 5.74) is 2.57. The Balaban J connectivity index is 1.46. The van der Waals surface area contributed by atoms with Crippen molar-refractivity contribution in [3.8, 4) is 0 Å². The van der Waals surface area contributed by atoms with Crippen LogP contribution in [-0.2, 0) is 16.1 Å². The van der Waals surface area contributed by atoms with Gasteiger partial charge in [0.25, 0.3) is 11.8 Å². The molecule has 0 saturated carbocycles. The molecule has 0 spiro atoms. The van der Waals surface area contributed by atoms with Crippen LogP contribution in [0.5, 0.6) is 0 Å². The SMILES string of the molecule is CC(Cc1cnc2ccccc2n1)C(=O)ON1C(=O)c2ccccc2C1=O. The van der Waals surface area contributed by atoms with Crippen LogP contribution in [0.4, 0.5) is 0 Å². The van der Waals surface area contributed by atoms with Crippen molar-refractivity contribution in [1.29, 1.82) is 0 Å². The number of hydrogen-bond acceptors (Lipinski definition) is 6. The van der Waals surface area contributed by atoms with Crippen molar-refractivity contribution >= 4 is 28.8 Å². The van der Waals surface area contributed by atoms with Gasteiger partial charge in [-0.15, -0.1) is 0 Å². The van der Waals surface area contributed by atoms with E-state index in [0.29, 0.717) is 10.8 Å². The predicted octanol–water partition coefficient (Wildman–Crippen LogP) is 2.56. The first-order chi connectivity index (χ1) is 13.0. The Morgan fingerprint density at radius 3 is 2.26 bits per heavy atom. The fraction of sp³-hybridized carbons (Fsp3) is 0.150. The standard InChI is InChI=1S/C20H15N3O4/c1-12(10-13-11-21-16-8-4-5-9-17(16)22-13)20(26)27-23-18(24)14-6-2-3-7-15(14)19(23)25/h2-9,11-12H,10H2,1H3. The minimum Gasteiger partial charge on any atom is -0.329 e. The molecular formula is C20H15N3O4. The second kappa shape index (κ2) is 6.60. The summed E-state index contributed by atoms with van der Waals surface area (Å²) in [5, 5.41) is 0.523. The molecule has 134 valence electrons. The molecule has 0 bridgehead atoms. The maximum atomic E-state index is 12.4. The lowest BCUT2D eigenvalue weighted by Crippen LogP contribution is -2.35. The van der Waals surface area contributed by atoms with E-state index in [4.69, 9.17) is 4.84 Å². The van der Waals surface area contributed by atoms with E-state index in [1.54, 1.807) is 25.3 Å². The topological polar surface area (TPSA) is 89.5 Å². The Morgan fingerprint density at radius 1 is 1.00 bits per heavy atom. The maximum Gasteiger partial charge on any atom is 0.336 e. The van der Waals surface area contributed by atoms with Crippen molar-refractivity contribution < 1.29 is 19.2 Å². The second-order valence-corrected chi connectivity index (χ2v) is 6.32. The zero-order chi connectivity index (χ0) is 19.0. The van der Waals surface area contributed by atoms with E-state index >= 15 is 0 Å². The summed E-state index contributed by atoms with van der Waals surface area (Å²) >= 11 is 0. The Kier molecular flexibility index (Phi) is 4.12. The summed E-state index contributed by atoms with van der Waals surface area (Å²) < 4.78 is 0. The number of fused-ring (bicyclic) bond motifs is 2. The summed E-state index contributed by atoms with van der Waals surface area (Å²) in [5.74, 6) is -2.56. The Bertz CT molecular complexity index is 1040. The molecule has 3 aromatic rings. The van der Waals surface area contributed by atoms with E-state index in [1.165, 1.54) is 12.1 Å². The van der Waals surface area contributed by atoms with Crippen LogP contribution in [0.1, 0.15) is 33.3 Å². The summed E-state index contributed by atoms with van der Waals surface area (Å²) in [6.45, 7) is 1.65. The lowest BCUT2D eigenvalue weighted by molar-refractivity contribution is -0.173. The van der Waals surface area contributed by atoms with Crippen LogP contribution in [0, 0.1) is 5.92 Å². The van der Waals surface area contributed by atoms with Crippen molar-refractivity contribution in [2.24, 2.45) is 5.92 Å². The van der Waals surface area contributed by atoms with Gasteiger partial charge in [0.1, 0.15) is 0 Å². The van der Waals surface area contributed by atoms with Crippen molar-refractivity contribution in [1.82, 2.24) is 15.0 Å². The summed E-state index contributed by atoms with van der Waals surface area (Å²) in [7, 11) is 0. The number of hydroxylamine groups is 2. The third-order valence-corrected chi connectivity index (χ3v) is 4.35. The highest BCUT2D eigenvalue weighted by atomic mass is 16.7. The third kappa shape index (κ3) is 3.03. The Labute approximate surface area is 154 Å². The first kappa shape index (κ1) is 16.8. The molecule has 0 aliphatic carbocycles. The van der Waals surface area contributed by atoms with Gasteiger partial charge >= 0.3 is 5.97 Å². The van der Waals surface area contributed by atoms with Gasteiger partial charge in [-0.3, -0.25) is 14.6 Å². The van der Waals surface area contributed by atoms with Crippen LogP contribution in [0.2, 0.25) is 0 Å². The van der Waals surface area contributed by atoms with E-state index in [2.05, 4.69) is 9.97 Å². The van der Waals surface area contributed by atoms with Crippen molar-refractivity contribution in [2.75, 3.05) is 0 Å². The lowest BCUT2D eigenvalue weighted by atomic mass is 10.1. The molecule has 27 heavy (non-hydrogen) atoms. The number of nitrogens with zero attached hydrogens (tertiary/aromatic N) is 3. The average molecular weight is 361 g/mol. The van der Waals surface area contributed by atoms with Crippen LogP contribution in [-0.4, -0.2) is 32.8 Å². The van der Waals surface area contributed by atoms with E-state index in [9.17, 15) is 14.4 Å². The smallest absolute Gasteiger partial charge is 0.329 e. The number of aromatic nitrogens is 2. The van der Waals surface area contributed by atoms with E-state index in [-0.39, 0.29) is 17.5 Å². The van der Waals surface area contributed by atoms with Crippen LogP contribution < -0.4 is 0 Å². The minimum absolute atomic E-state index is 0.225. The highest BCUT2D eigenvalue weighted by Crippen LogP contribution is 2.23. The van der Waals surface area contributed by atoms with Gasteiger partial charge in [0, 0.05) is 12.6 Å². The van der Waals surface area contributed by atoms with Gasteiger partial charge in [0.05, 0.1) is 33.8 Å². The molecule has 0 radical (unpaired) electrons. The molecule has 2 heterocycles. The van der Waals surface area contributed by atoms with Crippen molar-refractivity contribution in [3.05, 3.63) is 71.5 Å². The molecule has 1 unspecified atom stereocenters. The second-order valence-electron chi connectivity index (χ2n) is 6.32. The van der Waals surface area contributed by atoms with Gasteiger partial charge < -0.3 is 4.84 Å². The predicted molar refractivity (Wildman–Crippen MR) is 95.4 cm³/mol. The van der Waals surface area contributed by atoms with Gasteiger partial charge in [-0.25, -0.2) is 9.78 Å². The Morgan fingerprint density at radius 2 is 1.59 bits per heavy atom. The number of amides is 2. The molecule has 1 aromatic heterocycles. The molecule has 4 rings (SSSR count). The van der Waals surface area contributed by atoms with E-state index in [0.717, 1.165) is 11.0 Å². The van der Waals surface area contributed by atoms with Crippen LogP contribution in [0.25, 0.3) is 11.0 Å². The monoisotopic (exact) mass is 361 g/mol. The van der Waals surface area contributed by atoms with Gasteiger partial charge in [-0.2, -0.15) is 0 Å². The van der Waals surface area contributed by atoms with Crippen LogP contribution >= 0.6 is 0 Å². The number of imide groups is 1. The maximum absolute atomic E-state index is 12.4. The molecule has 1 aliphatic rings. The zero-order valence-corrected chi connectivity index (χ0v) is 14.5. The molecule has 0 fully saturated rings. The summed E-state index contributed by atoms with van der Waals surface area (Å²) in [4.78, 5) is 50.8. The third-order valence-electron chi connectivity index (χ3n) is 4.35. The number of carbonyl (C=O) groups is 3. The largest absolute Gasteiger partial charge is 0.336 e. The molecule has 7 nitrogen and oxygen atoms in total. The molecular weight excluding hydrogens is 346 g/mol. The zero-order valence-electron chi connectivity index (χ0n) is 14.5. The van der Waals surface area contributed by atoms with Gasteiger partial charge in [-0.05, 0) is 24.3 Å². The number of carbonyl (C=O) groups excluding carboxylic acids is 3. The number of rotatable bonds is 4. The summed E-state index contributed by atoms with van der Waals surface area (Å²) in [6, 6.07) is 13.8. The fourth-order valence-corrected chi connectivity index (χ4v) is 2.92. The van der Waals surface area contributed by atoms with Crippen LogP contribution in [0.3, 0.4) is 0 Å². The number of benzene rings is 2. The molecule has 0 N–H and O–H groups in total. The van der Waals surface area contributed by atoms with Crippen LogP contribution in [0.15, 0.2) is 54.7 Å². The number of hydrogen-bond donors (Lipinski definition) is 0. The quantitative estimate of drug-likeness (QED) is 0.664. The van der Waals surface area contributed by atoms with Crippen molar-refractivity contribution in [2.45, 2.75) is 13.3 Å². The van der Waals surface area contributed by atoms with Gasteiger partial charge in [0.2, 0.25) is 0 Å². The van der Waals surface area contributed by atoms with E-state index in [1.807, 2.05) is 24.3 Å². The molecule has 1 atom stereocenters.